The molecule has 0 amide bonds. The molecule has 0 fully saturated rings. The standard InChI is InChI=1S/C13H15NO3/c1-2-3-4-5-15-11-7-13-12(16-9-17-13)6-10(11)8-14/h6-7H,4-5,8-9,14H2,1H3. The second kappa shape index (κ2) is 5.46. The Kier molecular flexibility index (Phi) is 3.73. The molecule has 0 saturated carbocycles. The Bertz CT molecular complexity index is 460. The molecule has 0 spiro atoms. The maximum Gasteiger partial charge on any atom is 0.231 e. The fraction of sp³-hybridized carbons (Fsp3) is 0.385. The summed E-state index contributed by atoms with van der Waals surface area (Å²) in [5.74, 6) is 7.95. The molecule has 0 bridgehead atoms. The van der Waals surface area contributed by atoms with Crippen molar-refractivity contribution < 1.29 is 14.2 Å². The van der Waals surface area contributed by atoms with Crippen LogP contribution in [0.3, 0.4) is 0 Å². The molecule has 2 rings (SSSR count). The van der Waals surface area contributed by atoms with Gasteiger partial charge in [0.15, 0.2) is 11.5 Å². The number of ether oxygens (including phenoxy) is 3. The van der Waals surface area contributed by atoms with Crippen LogP contribution in [0.1, 0.15) is 18.9 Å². The zero-order valence-electron chi connectivity index (χ0n) is 9.79. The first-order chi connectivity index (χ1) is 8.35. The van der Waals surface area contributed by atoms with E-state index in [9.17, 15) is 0 Å². The van der Waals surface area contributed by atoms with E-state index in [1.54, 1.807) is 0 Å². The highest BCUT2D eigenvalue weighted by Gasteiger charge is 2.17. The summed E-state index contributed by atoms with van der Waals surface area (Å²) in [4.78, 5) is 0. The number of benzene rings is 1. The largest absolute Gasteiger partial charge is 0.492 e. The summed E-state index contributed by atoms with van der Waals surface area (Å²) in [6.45, 7) is 3.02. The molecule has 90 valence electrons. The number of fused-ring (bicyclic) bond motifs is 1. The van der Waals surface area contributed by atoms with Gasteiger partial charge < -0.3 is 19.9 Å². The quantitative estimate of drug-likeness (QED) is 0.635. The molecular weight excluding hydrogens is 218 g/mol. The molecule has 0 aromatic heterocycles. The number of rotatable bonds is 4. The summed E-state index contributed by atoms with van der Waals surface area (Å²) in [5.41, 5.74) is 6.59. The summed E-state index contributed by atoms with van der Waals surface area (Å²) < 4.78 is 16.2. The van der Waals surface area contributed by atoms with Crippen molar-refractivity contribution in [3.05, 3.63) is 17.7 Å². The third-order valence-electron chi connectivity index (χ3n) is 2.44. The molecule has 2 N–H and O–H groups in total. The van der Waals surface area contributed by atoms with Crippen LogP contribution in [-0.2, 0) is 6.54 Å². The van der Waals surface area contributed by atoms with Gasteiger partial charge in [-0.3, -0.25) is 0 Å². The van der Waals surface area contributed by atoms with Gasteiger partial charge in [-0.1, -0.05) is 0 Å². The van der Waals surface area contributed by atoms with Crippen molar-refractivity contribution in [3.63, 3.8) is 0 Å². The molecular formula is C13H15NO3. The van der Waals surface area contributed by atoms with E-state index in [1.807, 2.05) is 19.1 Å². The van der Waals surface area contributed by atoms with Crippen molar-refractivity contribution in [2.24, 2.45) is 5.73 Å². The number of hydrogen-bond donors (Lipinski definition) is 1. The topological polar surface area (TPSA) is 53.7 Å². The predicted molar refractivity (Wildman–Crippen MR) is 64.0 cm³/mol. The highest BCUT2D eigenvalue weighted by Crippen LogP contribution is 2.37. The van der Waals surface area contributed by atoms with Gasteiger partial charge in [0.25, 0.3) is 0 Å². The number of nitrogens with two attached hydrogens (primary N) is 1. The lowest BCUT2D eigenvalue weighted by atomic mass is 10.2. The second-order valence-electron chi connectivity index (χ2n) is 3.54. The van der Waals surface area contributed by atoms with Crippen molar-refractivity contribution in [2.75, 3.05) is 13.4 Å². The van der Waals surface area contributed by atoms with Crippen molar-refractivity contribution in [3.8, 4) is 29.1 Å². The fourth-order valence-electron chi connectivity index (χ4n) is 1.60. The Morgan fingerprint density at radius 1 is 1.35 bits per heavy atom. The van der Waals surface area contributed by atoms with Gasteiger partial charge in [-0.2, -0.15) is 0 Å². The van der Waals surface area contributed by atoms with Gasteiger partial charge in [0.1, 0.15) is 5.75 Å². The third kappa shape index (κ3) is 2.63. The van der Waals surface area contributed by atoms with Gasteiger partial charge in [-0.25, -0.2) is 0 Å². The first-order valence-electron chi connectivity index (χ1n) is 5.50. The van der Waals surface area contributed by atoms with E-state index in [2.05, 4.69) is 11.8 Å². The van der Waals surface area contributed by atoms with E-state index in [4.69, 9.17) is 19.9 Å². The molecule has 0 saturated heterocycles. The Labute approximate surface area is 101 Å². The second-order valence-corrected chi connectivity index (χ2v) is 3.54. The predicted octanol–water partition coefficient (Wildman–Crippen LogP) is 1.67. The lowest BCUT2D eigenvalue weighted by Crippen LogP contribution is -2.03. The molecule has 1 aromatic rings. The minimum Gasteiger partial charge on any atom is -0.492 e. The highest BCUT2D eigenvalue weighted by atomic mass is 16.7. The van der Waals surface area contributed by atoms with Gasteiger partial charge in [-0.05, 0) is 13.0 Å². The average Bonchev–Trinajstić information content (AvgIpc) is 2.80. The number of hydrogen-bond acceptors (Lipinski definition) is 4. The minimum atomic E-state index is 0.254. The molecule has 0 radical (unpaired) electrons. The molecule has 17 heavy (non-hydrogen) atoms. The fourth-order valence-corrected chi connectivity index (χ4v) is 1.60. The van der Waals surface area contributed by atoms with E-state index in [0.717, 1.165) is 17.1 Å². The van der Waals surface area contributed by atoms with E-state index < -0.39 is 0 Å². The van der Waals surface area contributed by atoms with Crippen molar-refractivity contribution in [1.82, 2.24) is 0 Å². The van der Waals surface area contributed by atoms with E-state index >= 15 is 0 Å². The lowest BCUT2D eigenvalue weighted by molar-refractivity contribution is 0.173. The van der Waals surface area contributed by atoms with Crippen LogP contribution < -0.4 is 19.9 Å². The third-order valence-corrected chi connectivity index (χ3v) is 2.44. The highest BCUT2D eigenvalue weighted by molar-refractivity contribution is 5.51. The van der Waals surface area contributed by atoms with Crippen LogP contribution in [-0.4, -0.2) is 13.4 Å². The van der Waals surface area contributed by atoms with Crippen LogP contribution in [0.25, 0.3) is 0 Å². The summed E-state index contributed by atoms with van der Waals surface area (Å²) in [6, 6.07) is 3.69. The molecule has 1 aliphatic heterocycles. The van der Waals surface area contributed by atoms with Gasteiger partial charge in [-0.15, -0.1) is 11.8 Å². The molecule has 4 nitrogen and oxygen atoms in total. The van der Waals surface area contributed by atoms with Crippen LogP contribution in [0.2, 0.25) is 0 Å². The van der Waals surface area contributed by atoms with Crippen LogP contribution >= 0.6 is 0 Å². The normalized spacial score (nSPS) is 11.9. The average molecular weight is 233 g/mol. The summed E-state index contributed by atoms with van der Waals surface area (Å²) in [5, 5.41) is 0. The Hall–Kier alpha value is -1.86. The van der Waals surface area contributed by atoms with E-state index in [-0.39, 0.29) is 6.79 Å². The molecule has 1 heterocycles. The van der Waals surface area contributed by atoms with Gasteiger partial charge in [0.2, 0.25) is 6.79 Å². The molecule has 0 unspecified atom stereocenters. The van der Waals surface area contributed by atoms with E-state index in [0.29, 0.717) is 25.3 Å². The Balaban J connectivity index is 2.11. The van der Waals surface area contributed by atoms with Crippen LogP contribution in [0.5, 0.6) is 17.2 Å². The molecule has 0 atom stereocenters. The van der Waals surface area contributed by atoms with Gasteiger partial charge in [0, 0.05) is 24.6 Å². The molecule has 1 aliphatic rings. The Morgan fingerprint density at radius 2 is 2.12 bits per heavy atom. The lowest BCUT2D eigenvalue weighted by Gasteiger charge is -2.10. The van der Waals surface area contributed by atoms with Crippen LogP contribution in [0, 0.1) is 11.8 Å². The maximum absolute atomic E-state index is 5.67. The van der Waals surface area contributed by atoms with Crippen molar-refractivity contribution >= 4 is 0 Å². The minimum absolute atomic E-state index is 0.254. The summed E-state index contributed by atoms with van der Waals surface area (Å²) in [7, 11) is 0. The monoisotopic (exact) mass is 233 g/mol. The van der Waals surface area contributed by atoms with E-state index in [1.165, 1.54) is 0 Å². The first kappa shape index (κ1) is 11.6. The van der Waals surface area contributed by atoms with Crippen molar-refractivity contribution in [2.45, 2.75) is 19.9 Å². The zero-order valence-corrected chi connectivity index (χ0v) is 9.79. The molecule has 0 aliphatic carbocycles. The van der Waals surface area contributed by atoms with Gasteiger partial charge >= 0.3 is 0 Å². The van der Waals surface area contributed by atoms with Crippen LogP contribution in [0.15, 0.2) is 12.1 Å². The zero-order chi connectivity index (χ0) is 12.1. The maximum atomic E-state index is 5.67. The van der Waals surface area contributed by atoms with Crippen molar-refractivity contribution in [1.29, 1.82) is 0 Å². The molecule has 1 aromatic carbocycles. The SMILES string of the molecule is CC#CCCOc1cc2c(cc1CN)OCO2. The van der Waals surface area contributed by atoms with Crippen LogP contribution in [0.4, 0.5) is 0 Å². The van der Waals surface area contributed by atoms with Gasteiger partial charge in [0.05, 0.1) is 6.61 Å². The summed E-state index contributed by atoms with van der Waals surface area (Å²) >= 11 is 0. The molecule has 4 heteroatoms. The first-order valence-corrected chi connectivity index (χ1v) is 5.50. The Morgan fingerprint density at radius 3 is 2.82 bits per heavy atom. The summed E-state index contributed by atoms with van der Waals surface area (Å²) in [6.07, 6.45) is 0.703. The smallest absolute Gasteiger partial charge is 0.231 e.